The van der Waals surface area contributed by atoms with Gasteiger partial charge in [0.1, 0.15) is 0 Å². The fourth-order valence-corrected chi connectivity index (χ4v) is 4.24. The van der Waals surface area contributed by atoms with Crippen molar-refractivity contribution in [2.75, 3.05) is 19.6 Å². The van der Waals surface area contributed by atoms with Crippen LogP contribution in [-0.2, 0) is 4.79 Å². The van der Waals surface area contributed by atoms with E-state index in [0.29, 0.717) is 37.4 Å². The second kappa shape index (κ2) is 7.39. The first-order valence-corrected chi connectivity index (χ1v) is 9.38. The Kier molecular flexibility index (Phi) is 4.79. The molecule has 6 heteroatoms. The normalized spacial score (nSPS) is 22.2. The molecule has 0 N–H and O–H groups in total. The molecule has 0 unspecified atom stereocenters. The minimum absolute atomic E-state index is 0.0135. The zero-order valence-electron chi connectivity index (χ0n) is 15.0. The molecule has 0 aliphatic carbocycles. The van der Waals surface area contributed by atoms with Crippen molar-refractivity contribution in [2.45, 2.75) is 25.3 Å². The zero-order chi connectivity index (χ0) is 18.8. The molecule has 2 amide bonds. The Morgan fingerprint density at radius 2 is 1.78 bits per heavy atom. The van der Waals surface area contributed by atoms with Crippen LogP contribution in [0.4, 0.5) is 0 Å². The molecule has 0 bridgehead atoms. The number of nitrogens with zero attached hydrogens (tertiary/aromatic N) is 2. The van der Waals surface area contributed by atoms with Crippen LogP contribution in [0.3, 0.4) is 0 Å². The maximum Gasteiger partial charge on any atom is 0.295 e. The van der Waals surface area contributed by atoms with Crippen molar-refractivity contribution in [3.05, 3.63) is 60.1 Å². The first-order valence-electron chi connectivity index (χ1n) is 9.38. The van der Waals surface area contributed by atoms with Gasteiger partial charge < -0.3 is 14.2 Å². The number of furan rings is 1. The Bertz CT molecular complexity index is 831. The van der Waals surface area contributed by atoms with E-state index in [1.54, 1.807) is 46.2 Å². The van der Waals surface area contributed by atoms with Crippen LogP contribution in [-0.4, -0.2) is 53.1 Å². The molecule has 2 atom stereocenters. The predicted molar refractivity (Wildman–Crippen MR) is 98.2 cm³/mol. The summed E-state index contributed by atoms with van der Waals surface area (Å²) in [4.78, 5) is 41.5. The summed E-state index contributed by atoms with van der Waals surface area (Å²) in [7, 11) is 0. The van der Waals surface area contributed by atoms with Gasteiger partial charge in [0.05, 0.1) is 6.26 Å². The van der Waals surface area contributed by atoms with E-state index in [9.17, 15) is 14.4 Å². The molecule has 0 saturated carbocycles. The number of amides is 2. The summed E-state index contributed by atoms with van der Waals surface area (Å²) >= 11 is 0. The van der Waals surface area contributed by atoms with Crippen LogP contribution >= 0.6 is 0 Å². The molecule has 2 aliphatic rings. The number of fused-ring (bicyclic) bond motifs is 1. The van der Waals surface area contributed by atoms with Crippen LogP contribution in [0, 0.1) is 5.92 Å². The molecule has 2 aromatic rings. The van der Waals surface area contributed by atoms with E-state index in [1.807, 2.05) is 6.07 Å². The number of ketones is 1. The molecule has 0 radical (unpaired) electrons. The van der Waals surface area contributed by atoms with E-state index in [4.69, 9.17) is 4.42 Å². The standard InChI is InChI=1S/C21H22N2O4/c24-19(15-6-2-1-3-7-15)21(26)23-11-4-8-16-14-22(12-10-17(16)23)20(25)18-9-5-13-27-18/h1-3,5-7,9,13,16-17H,4,8,10-12,14H2/t16-,17+/m1/s1. The summed E-state index contributed by atoms with van der Waals surface area (Å²) in [6.45, 7) is 1.75. The summed E-state index contributed by atoms with van der Waals surface area (Å²) in [6.07, 6.45) is 3.98. The molecular weight excluding hydrogens is 344 g/mol. The minimum atomic E-state index is -0.453. The van der Waals surface area contributed by atoms with Gasteiger partial charge >= 0.3 is 0 Å². The van der Waals surface area contributed by atoms with Gasteiger partial charge in [0.15, 0.2) is 5.76 Å². The molecular formula is C21H22N2O4. The number of Topliss-reactive ketones (excluding diaryl/α,β-unsaturated/α-hetero) is 1. The molecule has 1 aromatic carbocycles. The van der Waals surface area contributed by atoms with E-state index in [0.717, 1.165) is 12.8 Å². The summed E-state index contributed by atoms with van der Waals surface area (Å²) in [5.41, 5.74) is 0.426. The number of carbonyl (C=O) groups is 3. The Balaban J connectivity index is 1.46. The van der Waals surface area contributed by atoms with Gasteiger partial charge in [0.2, 0.25) is 5.78 Å². The van der Waals surface area contributed by atoms with Crippen LogP contribution in [0.1, 0.15) is 40.2 Å². The average Bonchev–Trinajstić information content (AvgIpc) is 3.27. The molecule has 27 heavy (non-hydrogen) atoms. The lowest BCUT2D eigenvalue weighted by Gasteiger charge is -2.46. The lowest BCUT2D eigenvalue weighted by Crippen LogP contribution is -2.57. The first kappa shape index (κ1) is 17.5. The van der Waals surface area contributed by atoms with Crippen molar-refractivity contribution in [1.82, 2.24) is 9.80 Å². The van der Waals surface area contributed by atoms with Crippen LogP contribution in [0.15, 0.2) is 53.1 Å². The van der Waals surface area contributed by atoms with E-state index >= 15 is 0 Å². The molecule has 2 saturated heterocycles. The van der Waals surface area contributed by atoms with Crippen LogP contribution in [0.25, 0.3) is 0 Å². The van der Waals surface area contributed by atoms with Crippen molar-refractivity contribution in [3.8, 4) is 0 Å². The number of carbonyl (C=O) groups excluding carboxylic acids is 3. The third kappa shape index (κ3) is 3.39. The minimum Gasteiger partial charge on any atom is -0.459 e. The second-order valence-corrected chi connectivity index (χ2v) is 7.18. The highest BCUT2D eigenvalue weighted by molar-refractivity contribution is 6.42. The molecule has 140 valence electrons. The first-order chi connectivity index (χ1) is 13.1. The smallest absolute Gasteiger partial charge is 0.295 e. The van der Waals surface area contributed by atoms with Gasteiger partial charge in [-0.2, -0.15) is 0 Å². The summed E-state index contributed by atoms with van der Waals surface area (Å²) in [5, 5.41) is 0. The highest BCUT2D eigenvalue weighted by Gasteiger charge is 2.41. The largest absolute Gasteiger partial charge is 0.459 e. The SMILES string of the molecule is O=C(C(=O)N1CCC[C@@H]2CN(C(=O)c3ccco3)CC[C@@H]21)c1ccccc1. The topological polar surface area (TPSA) is 70.8 Å². The van der Waals surface area contributed by atoms with Gasteiger partial charge in [-0.15, -0.1) is 0 Å². The van der Waals surface area contributed by atoms with Crippen LogP contribution in [0.5, 0.6) is 0 Å². The monoisotopic (exact) mass is 366 g/mol. The zero-order valence-corrected chi connectivity index (χ0v) is 15.0. The second-order valence-electron chi connectivity index (χ2n) is 7.18. The predicted octanol–water partition coefficient (Wildman–Crippen LogP) is 2.62. The van der Waals surface area contributed by atoms with E-state index in [-0.39, 0.29) is 17.9 Å². The Morgan fingerprint density at radius 1 is 0.963 bits per heavy atom. The van der Waals surface area contributed by atoms with Crippen LogP contribution in [0.2, 0.25) is 0 Å². The fourth-order valence-electron chi connectivity index (χ4n) is 4.24. The number of rotatable bonds is 3. The molecule has 6 nitrogen and oxygen atoms in total. The number of hydrogen-bond donors (Lipinski definition) is 0. The molecule has 0 spiro atoms. The molecule has 4 rings (SSSR count). The number of piperidine rings is 2. The highest BCUT2D eigenvalue weighted by atomic mass is 16.3. The lowest BCUT2D eigenvalue weighted by molar-refractivity contribution is -0.133. The van der Waals surface area contributed by atoms with Gasteiger partial charge in [-0.25, -0.2) is 0 Å². The number of hydrogen-bond acceptors (Lipinski definition) is 4. The molecule has 2 fully saturated rings. The van der Waals surface area contributed by atoms with Gasteiger partial charge in [0.25, 0.3) is 11.8 Å². The van der Waals surface area contributed by atoms with Gasteiger partial charge in [0, 0.05) is 31.2 Å². The third-order valence-electron chi connectivity index (χ3n) is 5.58. The van der Waals surface area contributed by atoms with Crippen molar-refractivity contribution < 1.29 is 18.8 Å². The van der Waals surface area contributed by atoms with Crippen molar-refractivity contribution in [1.29, 1.82) is 0 Å². The van der Waals surface area contributed by atoms with E-state index in [2.05, 4.69) is 0 Å². The summed E-state index contributed by atoms with van der Waals surface area (Å²) in [6, 6.07) is 12.1. The third-order valence-corrected chi connectivity index (χ3v) is 5.58. The summed E-state index contributed by atoms with van der Waals surface area (Å²) < 4.78 is 5.22. The van der Waals surface area contributed by atoms with Crippen molar-refractivity contribution in [3.63, 3.8) is 0 Å². The van der Waals surface area contributed by atoms with E-state index < -0.39 is 11.7 Å². The number of likely N-dealkylation sites (tertiary alicyclic amines) is 2. The van der Waals surface area contributed by atoms with Crippen molar-refractivity contribution >= 4 is 17.6 Å². The van der Waals surface area contributed by atoms with Gasteiger partial charge in [-0.3, -0.25) is 14.4 Å². The van der Waals surface area contributed by atoms with Gasteiger partial charge in [-0.1, -0.05) is 30.3 Å². The average molecular weight is 366 g/mol. The van der Waals surface area contributed by atoms with Crippen molar-refractivity contribution in [2.24, 2.45) is 5.92 Å². The Labute approximate surface area is 157 Å². The maximum atomic E-state index is 12.8. The van der Waals surface area contributed by atoms with Crippen LogP contribution < -0.4 is 0 Å². The van der Waals surface area contributed by atoms with E-state index in [1.165, 1.54) is 6.26 Å². The number of benzene rings is 1. The van der Waals surface area contributed by atoms with Gasteiger partial charge in [-0.05, 0) is 37.3 Å². The molecule has 1 aromatic heterocycles. The molecule has 2 aliphatic heterocycles. The Morgan fingerprint density at radius 3 is 2.52 bits per heavy atom. The highest BCUT2D eigenvalue weighted by Crippen LogP contribution is 2.31. The summed E-state index contributed by atoms with van der Waals surface area (Å²) in [5.74, 6) is -0.454. The fraction of sp³-hybridized carbons (Fsp3) is 0.381. The quantitative estimate of drug-likeness (QED) is 0.618. The maximum absolute atomic E-state index is 12.8. The molecule has 3 heterocycles. The Hall–Kier alpha value is -2.89. The lowest BCUT2D eigenvalue weighted by atomic mass is 9.83.